The second-order valence-electron chi connectivity index (χ2n) is 5.10. The van der Waals surface area contributed by atoms with Gasteiger partial charge in [0.05, 0.1) is 12.7 Å². The molecule has 1 saturated heterocycles. The summed E-state index contributed by atoms with van der Waals surface area (Å²) in [6, 6.07) is 0. The number of hydrogen-bond donors (Lipinski definition) is 3. The number of thioether (sulfide) groups is 1. The third kappa shape index (κ3) is 5.04. The Hall–Kier alpha value is -0.140. The fraction of sp³-hybridized carbons (Fsp3) is 0.923. The number of unbranched alkanes of at least 4 members (excludes halogenated alkanes) is 1. The summed E-state index contributed by atoms with van der Waals surface area (Å²) in [7, 11) is 0. The van der Waals surface area contributed by atoms with Gasteiger partial charge < -0.3 is 24.9 Å². The molecule has 5 atom stereocenters. The first kappa shape index (κ1) is 16.9. The Balaban J connectivity index is 2.33. The van der Waals surface area contributed by atoms with Gasteiger partial charge in [0.1, 0.15) is 23.4 Å². The summed E-state index contributed by atoms with van der Waals surface area (Å²) < 4.78 is 5.59. The largest absolute Gasteiger partial charge is 0.394 e. The molecule has 0 bridgehead atoms. The topological polar surface area (TPSA) is 87.0 Å². The number of carbonyl (C=O) groups excluding carboxylic acids is 1. The van der Waals surface area contributed by atoms with Crippen LogP contribution in [0.2, 0.25) is 0 Å². The summed E-state index contributed by atoms with van der Waals surface area (Å²) in [6.07, 6.45) is -0.254. The maximum Gasteiger partial charge on any atom is 0.129 e. The second kappa shape index (κ2) is 8.21. The third-order valence-corrected chi connectivity index (χ3v) is 4.79. The maximum atomic E-state index is 10.8. The van der Waals surface area contributed by atoms with Crippen molar-refractivity contribution in [3.63, 3.8) is 0 Å². The highest BCUT2D eigenvalue weighted by Crippen LogP contribution is 2.33. The summed E-state index contributed by atoms with van der Waals surface area (Å²) >= 11 is 1.57. The van der Waals surface area contributed by atoms with Gasteiger partial charge in [0.15, 0.2) is 0 Å². The molecule has 0 aliphatic carbocycles. The Morgan fingerprint density at radius 2 is 1.95 bits per heavy atom. The molecule has 19 heavy (non-hydrogen) atoms. The van der Waals surface area contributed by atoms with Crippen LogP contribution in [0.5, 0.6) is 0 Å². The highest BCUT2D eigenvalue weighted by Gasteiger charge is 2.41. The van der Waals surface area contributed by atoms with Crippen molar-refractivity contribution in [1.29, 1.82) is 0 Å². The van der Waals surface area contributed by atoms with Gasteiger partial charge in [-0.25, -0.2) is 0 Å². The van der Waals surface area contributed by atoms with E-state index in [1.54, 1.807) is 18.7 Å². The zero-order valence-corrected chi connectivity index (χ0v) is 12.3. The highest BCUT2D eigenvalue weighted by molar-refractivity contribution is 7.99. The minimum atomic E-state index is -1.03. The highest BCUT2D eigenvalue weighted by atomic mass is 32.2. The van der Waals surface area contributed by atoms with E-state index >= 15 is 0 Å². The van der Waals surface area contributed by atoms with Gasteiger partial charge in [-0.2, -0.15) is 0 Å². The molecule has 1 aliphatic rings. The number of rotatable bonds is 7. The lowest BCUT2D eigenvalue weighted by Crippen LogP contribution is -2.53. The van der Waals surface area contributed by atoms with Gasteiger partial charge in [0.2, 0.25) is 0 Å². The first-order valence-electron chi connectivity index (χ1n) is 6.71. The molecule has 3 N–H and O–H groups in total. The van der Waals surface area contributed by atoms with Crippen LogP contribution in [0.15, 0.2) is 0 Å². The van der Waals surface area contributed by atoms with Crippen molar-refractivity contribution in [1.82, 2.24) is 0 Å². The van der Waals surface area contributed by atoms with Gasteiger partial charge in [0.25, 0.3) is 0 Å². The molecule has 1 rings (SSSR count). The molecule has 0 saturated carbocycles. The van der Waals surface area contributed by atoms with Crippen LogP contribution in [0.1, 0.15) is 33.1 Å². The lowest BCUT2D eigenvalue weighted by Gasteiger charge is -2.40. The standard InChI is InChI=1S/C13H24O5S/c1-8(15)5-3-4-6-19-13-9(2)11(16)12(17)10(7-14)18-13/h9-14,16-17H,3-7H2,1-2H3. The molecule has 0 aromatic carbocycles. The predicted molar refractivity (Wildman–Crippen MR) is 73.9 cm³/mol. The zero-order chi connectivity index (χ0) is 14.4. The quantitative estimate of drug-likeness (QED) is 0.594. The van der Waals surface area contributed by atoms with E-state index in [4.69, 9.17) is 9.84 Å². The van der Waals surface area contributed by atoms with Crippen LogP contribution in [0.25, 0.3) is 0 Å². The minimum absolute atomic E-state index is 0.185. The fourth-order valence-corrected chi connectivity index (χ4v) is 3.38. The van der Waals surface area contributed by atoms with Crippen LogP contribution >= 0.6 is 11.8 Å². The molecule has 0 aromatic heterocycles. The lowest BCUT2D eigenvalue weighted by atomic mass is 9.94. The van der Waals surface area contributed by atoms with Gasteiger partial charge in [-0.1, -0.05) is 6.92 Å². The van der Waals surface area contributed by atoms with Crippen molar-refractivity contribution in [3.8, 4) is 0 Å². The Morgan fingerprint density at radius 3 is 2.53 bits per heavy atom. The Kier molecular flexibility index (Phi) is 7.31. The number of hydrogen-bond acceptors (Lipinski definition) is 6. The van der Waals surface area contributed by atoms with Crippen molar-refractivity contribution in [2.45, 2.75) is 56.9 Å². The van der Waals surface area contributed by atoms with E-state index in [0.29, 0.717) is 6.42 Å². The van der Waals surface area contributed by atoms with Gasteiger partial charge in [-0.15, -0.1) is 11.8 Å². The average Bonchev–Trinajstić information content (AvgIpc) is 2.37. The summed E-state index contributed by atoms with van der Waals surface area (Å²) in [6.45, 7) is 3.12. The van der Waals surface area contributed by atoms with Crippen LogP contribution < -0.4 is 0 Å². The molecule has 5 nitrogen and oxygen atoms in total. The number of ketones is 1. The van der Waals surface area contributed by atoms with E-state index in [2.05, 4.69) is 0 Å². The Bertz CT molecular complexity index is 284. The molecule has 0 spiro atoms. The summed E-state index contributed by atoms with van der Waals surface area (Å²) in [5, 5.41) is 28.7. The number of Topliss-reactive ketones (excluding diaryl/α,β-unsaturated/α-hetero) is 1. The van der Waals surface area contributed by atoms with Crippen LogP contribution in [0, 0.1) is 5.92 Å². The fourth-order valence-electron chi connectivity index (χ4n) is 2.09. The SMILES string of the molecule is CC(=O)CCCCSC1OC(CO)C(O)C(O)C1C. The maximum absolute atomic E-state index is 10.8. The van der Waals surface area contributed by atoms with E-state index in [9.17, 15) is 15.0 Å². The van der Waals surface area contributed by atoms with E-state index in [1.165, 1.54) is 0 Å². The van der Waals surface area contributed by atoms with E-state index in [0.717, 1.165) is 18.6 Å². The monoisotopic (exact) mass is 292 g/mol. The summed E-state index contributed by atoms with van der Waals surface area (Å²) in [5.74, 6) is 0.852. The van der Waals surface area contributed by atoms with E-state index in [-0.39, 0.29) is 23.7 Å². The van der Waals surface area contributed by atoms with Crippen molar-refractivity contribution in [2.24, 2.45) is 5.92 Å². The predicted octanol–water partition coefficient (Wildman–Crippen LogP) is 0.554. The molecule has 112 valence electrons. The van der Waals surface area contributed by atoms with Crippen molar-refractivity contribution >= 4 is 17.5 Å². The average molecular weight is 292 g/mol. The number of aliphatic hydroxyl groups excluding tert-OH is 3. The van der Waals surface area contributed by atoms with Crippen LogP contribution in [0.3, 0.4) is 0 Å². The molecule has 5 unspecified atom stereocenters. The summed E-state index contributed by atoms with van der Waals surface area (Å²) in [5.41, 5.74) is -0.229. The molecule has 1 fully saturated rings. The van der Waals surface area contributed by atoms with Crippen molar-refractivity contribution in [2.75, 3.05) is 12.4 Å². The van der Waals surface area contributed by atoms with E-state index < -0.39 is 18.3 Å². The zero-order valence-electron chi connectivity index (χ0n) is 11.5. The first-order valence-corrected chi connectivity index (χ1v) is 7.75. The summed E-state index contributed by atoms with van der Waals surface area (Å²) in [4.78, 5) is 10.8. The third-order valence-electron chi connectivity index (χ3n) is 3.39. The molecule has 1 heterocycles. The van der Waals surface area contributed by atoms with E-state index in [1.807, 2.05) is 6.92 Å². The van der Waals surface area contributed by atoms with Gasteiger partial charge >= 0.3 is 0 Å². The van der Waals surface area contributed by atoms with Crippen molar-refractivity contribution < 1.29 is 24.9 Å². The molecule has 0 radical (unpaired) electrons. The number of carbonyl (C=O) groups is 1. The van der Waals surface area contributed by atoms with Gasteiger partial charge in [-0.05, 0) is 25.5 Å². The smallest absolute Gasteiger partial charge is 0.129 e. The second-order valence-corrected chi connectivity index (χ2v) is 6.30. The Morgan fingerprint density at radius 1 is 1.26 bits per heavy atom. The van der Waals surface area contributed by atoms with Crippen molar-refractivity contribution in [3.05, 3.63) is 0 Å². The molecule has 0 amide bonds. The molecular formula is C13H24O5S. The van der Waals surface area contributed by atoms with Crippen LogP contribution in [0.4, 0.5) is 0 Å². The van der Waals surface area contributed by atoms with Crippen LogP contribution in [-0.4, -0.2) is 57.2 Å². The minimum Gasteiger partial charge on any atom is -0.394 e. The van der Waals surface area contributed by atoms with Gasteiger partial charge in [-0.3, -0.25) is 0 Å². The van der Waals surface area contributed by atoms with Crippen LogP contribution in [-0.2, 0) is 9.53 Å². The Labute approximate surface area is 118 Å². The normalized spacial score (nSPS) is 35.3. The first-order chi connectivity index (χ1) is 8.97. The molecule has 6 heteroatoms. The molecule has 0 aromatic rings. The number of ether oxygens (including phenoxy) is 1. The lowest BCUT2D eigenvalue weighted by molar-refractivity contribution is -0.181. The van der Waals surface area contributed by atoms with Gasteiger partial charge in [0, 0.05) is 12.3 Å². The molecule has 1 aliphatic heterocycles. The number of aliphatic hydroxyl groups is 3. The molecular weight excluding hydrogens is 268 g/mol.